The molecule has 1 N–H and O–H groups in total. The molecule has 0 saturated heterocycles. The molecule has 0 aromatic rings. The molecule has 0 radical (unpaired) electrons. The maximum absolute atomic E-state index is 10.2. The topological polar surface area (TPSA) is 20.2 Å². The average Bonchev–Trinajstić information content (AvgIpc) is 1.78. The first-order chi connectivity index (χ1) is 6.12. The minimum Gasteiger partial charge on any atom is -0.390 e. The molecule has 1 heteroatoms. The molecule has 0 heterocycles. The predicted molar refractivity (Wildman–Crippen MR) is 63.4 cm³/mol. The van der Waals surface area contributed by atoms with Gasteiger partial charge in [0.25, 0.3) is 0 Å². The van der Waals surface area contributed by atoms with Gasteiger partial charge in [-0.25, -0.2) is 0 Å². The Kier molecular flexibility index (Phi) is 5.14. The van der Waals surface area contributed by atoms with Crippen molar-refractivity contribution >= 4 is 0 Å². The zero-order valence-corrected chi connectivity index (χ0v) is 10.9. The maximum Gasteiger partial charge on any atom is 0.0624 e. The van der Waals surface area contributed by atoms with E-state index in [1.165, 1.54) is 6.42 Å². The fraction of sp³-hybridized carbons (Fsp3) is 1.00. The molecule has 0 spiro atoms. The van der Waals surface area contributed by atoms with Crippen molar-refractivity contribution in [3.05, 3.63) is 0 Å². The minimum absolute atomic E-state index is 0.224. The summed E-state index contributed by atoms with van der Waals surface area (Å²) >= 11 is 0. The van der Waals surface area contributed by atoms with Gasteiger partial charge in [0.05, 0.1) is 5.60 Å². The van der Waals surface area contributed by atoms with Gasteiger partial charge < -0.3 is 5.11 Å². The van der Waals surface area contributed by atoms with E-state index in [4.69, 9.17) is 0 Å². The van der Waals surface area contributed by atoms with Crippen molar-refractivity contribution in [3.8, 4) is 0 Å². The van der Waals surface area contributed by atoms with Gasteiger partial charge in [0, 0.05) is 0 Å². The third-order valence-electron chi connectivity index (χ3n) is 2.41. The Balaban J connectivity index is 3.84. The highest BCUT2D eigenvalue weighted by atomic mass is 16.3. The molecule has 0 bridgehead atoms. The molecular formula is C13H28O. The van der Waals surface area contributed by atoms with E-state index >= 15 is 0 Å². The van der Waals surface area contributed by atoms with Crippen LogP contribution in [0.15, 0.2) is 0 Å². The Morgan fingerprint density at radius 3 is 1.93 bits per heavy atom. The van der Waals surface area contributed by atoms with E-state index < -0.39 is 5.60 Å². The molecule has 0 fully saturated rings. The summed E-state index contributed by atoms with van der Waals surface area (Å²) in [7, 11) is 0. The molecule has 0 aliphatic rings. The molecule has 86 valence electrons. The van der Waals surface area contributed by atoms with Gasteiger partial charge in [-0.2, -0.15) is 0 Å². The average molecular weight is 200 g/mol. The molecule has 0 aliphatic heterocycles. The van der Waals surface area contributed by atoms with Crippen LogP contribution in [0.5, 0.6) is 0 Å². The van der Waals surface area contributed by atoms with Crippen molar-refractivity contribution < 1.29 is 5.11 Å². The van der Waals surface area contributed by atoms with Crippen LogP contribution in [0.3, 0.4) is 0 Å². The monoisotopic (exact) mass is 200 g/mol. The van der Waals surface area contributed by atoms with E-state index in [-0.39, 0.29) is 5.41 Å². The fourth-order valence-corrected chi connectivity index (χ4v) is 2.12. The lowest BCUT2D eigenvalue weighted by Crippen LogP contribution is -2.30. The second kappa shape index (κ2) is 5.16. The third-order valence-corrected chi connectivity index (χ3v) is 2.41. The molecule has 0 aliphatic carbocycles. The summed E-state index contributed by atoms with van der Waals surface area (Å²) in [4.78, 5) is 0. The highest BCUT2D eigenvalue weighted by Crippen LogP contribution is 2.30. The van der Waals surface area contributed by atoms with Crippen LogP contribution in [-0.4, -0.2) is 10.7 Å². The van der Waals surface area contributed by atoms with Crippen LogP contribution in [0.1, 0.15) is 67.2 Å². The van der Waals surface area contributed by atoms with E-state index in [2.05, 4.69) is 34.6 Å². The molecule has 0 amide bonds. The molecule has 0 aromatic heterocycles. The van der Waals surface area contributed by atoms with E-state index in [1.807, 2.05) is 6.92 Å². The smallest absolute Gasteiger partial charge is 0.0624 e. The normalized spacial score (nSPS) is 17.1. The number of rotatable bonds is 5. The minimum atomic E-state index is -0.479. The summed E-state index contributed by atoms with van der Waals surface area (Å²) in [6.07, 6.45) is 4.18. The maximum atomic E-state index is 10.2. The van der Waals surface area contributed by atoms with Crippen molar-refractivity contribution in [3.63, 3.8) is 0 Å². The first kappa shape index (κ1) is 14.0. The SMILES string of the molecule is CC(C)CCCC(C)(O)CC(C)(C)C. The molecule has 1 atom stereocenters. The first-order valence-corrected chi connectivity index (χ1v) is 5.85. The van der Waals surface area contributed by atoms with Gasteiger partial charge in [-0.15, -0.1) is 0 Å². The van der Waals surface area contributed by atoms with Gasteiger partial charge in [0.1, 0.15) is 0 Å². The van der Waals surface area contributed by atoms with Crippen LogP contribution >= 0.6 is 0 Å². The van der Waals surface area contributed by atoms with Crippen LogP contribution in [0.4, 0.5) is 0 Å². The fourth-order valence-electron chi connectivity index (χ4n) is 2.12. The molecule has 14 heavy (non-hydrogen) atoms. The second-order valence-corrected chi connectivity index (χ2v) is 6.52. The summed E-state index contributed by atoms with van der Waals surface area (Å²) in [5.74, 6) is 0.750. The Hall–Kier alpha value is -0.0400. The summed E-state index contributed by atoms with van der Waals surface area (Å²) < 4.78 is 0. The van der Waals surface area contributed by atoms with Crippen LogP contribution < -0.4 is 0 Å². The molecule has 1 nitrogen and oxygen atoms in total. The van der Waals surface area contributed by atoms with Gasteiger partial charge >= 0.3 is 0 Å². The van der Waals surface area contributed by atoms with E-state index in [0.717, 1.165) is 25.2 Å². The second-order valence-electron chi connectivity index (χ2n) is 6.52. The lowest BCUT2D eigenvalue weighted by molar-refractivity contribution is 0.00869. The van der Waals surface area contributed by atoms with Gasteiger partial charge in [0.2, 0.25) is 0 Å². The number of hydrogen-bond acceptors (Lipinski definition) is 1. The lowest BCUT2D eigenvalue weighted by atomic mass is 9.80. The summed E-state index contributed by atoms with van der Waals surface area (Å²) in [5.41, 5.74) is -0.255. The summed E-state index contributed by atoms with van der Waals surface area (Å²) in [6, 6.07) is 0. The van der Waals surface area contributed by atoms with Crippen LogP contribution in [0, 0.1) is 11.3 Å². The van der Waals surface area contributed by atoms with Crippen molar-refractivity contribution in [1.82, 2.24) is 0 Å². The number of hydrogen-bond donors (Lipinski definition) is 1. The van der Waals surface area contributed by atoms with Gasteiger partial charge in [-0.1, -0.05) is 47.5 Å². The van der Waals surface area contributed by atoms with Crippen LogP contribution in [0.25, 0.3) is 0 Å². The third kappa shape index (κ3) is 8.55. The Labute approximate surface area is 89.9 Å². The highest BCUT2D eigenvalue weighted by Gasteiger charge is 2.26. The van der Waals surface area contributed by atoms with Crippen molar-refractivity contribution in [1.29, 1.82) is 0 Å². The molecule has 0 aromatic carbocycles. The first-order valence-electron chi connectivity index (χ1n) is 5.85. The largest absolute Gasteiger partial charge is 0.390 e. The van der Waals surface area contributed by atoms with E-state index in [1.54, 1.807) is 0 Å². The predicted octanol–water partition coefficient (Wildman–Crippen LogP) is 4.00. The van der Waals surface area contributed by atoms with Crippen LogP contribution in [-0.2, 0) is 0 Å². The van der Waals surface area contributed by atoms with E-state index in [9.17, 15) is 5.11 Å². The lowest BCUT2D eigenvalue weighted by Gasteiger charge is -2.31. The quantitative estimate of drug-likeness (QED) is 0.711. The zero-order chi connectivity index (χ0) is 11.4. The van der Waals surface area contributed by atoms with Crippen LogP contribution in [0.2, 0.25) is 0 Å². The van der Waals surface area contributed by atoms with Gasteiger partial charge in [-0.05, 0) is 31.1 Å². The summed E-state index contributed by atoms with van der Waals surface area (Å²) in [6.45, 7) is 13.0. The summed E-state index contributed by atoms with van der Waals surface area (Å²) in [5, 5.41) is 10.2. The van der Waals surface area contributed by atoms with E-state index in [0.29, 0.717) is 0 Å². The highest BCUT2D eigenvalue weighted by molar-refractivity contribution is 4.79. The Morgan fingerprint density at radius 2 is 1.57 bits per heavy atom. The standard InChI is InChI=1S/C13H28O/c1-11(2)8-7-9-13(6,14)10-12(3,4)5/h11,14H,7-10H2,1-6H3. The van der Waals surface area contributed by atoms with Gasteiger partial charge in [-0.3, -0.25) is 0 Å². The van der Waals surface area contributed by atoms with Crippen molar-refractivity contribution in [2.45, 2.75) is 72.8 Å². The molecule has 0 rings (SSSR count). The van der Waals surface area contributed by atoms with Crippen molar-refractivity contribution in [2.75, 3.05) is 0 Å². The number of aliphatic hydroxyl groups is 1. The Bertz CT molecular complexity index is 151. The molecular weight excluding hydrogens is 172 g/mol. The molecule has 1 unspecified atom stereocenters. The zero-order valence-electron chi connectivity index (χ0n) is 10.9. The van der Waals surface area contributed by atoms with Gasteiger partial charge in [0.15, 0.2) is 0 Å². The Morgan fingerprint density at radius 1 is 1.07 bits per heavy atom. The molecule has 0 saturated carbocycles. The van der Waals surface area contributed by atoms with Crippen molar-refractivity contribution in [2.24, 2.45) is 11.3 Å².